The maximum absolute atomic E-state index is 11.0. The predicted octanol–water partition coefficient (Wildman–Crippen LogP) is 1.54. The van der Waals surface area contributed by atoms with E-state index >= 15 is 0 Å². The lowest BCUT2D eigenvalue weighted by Crippen LogP contribution is -2.21. The Balaban J connectivity index is -0.000000328. The van der Waals surface area contributed by atoms with E-state index in [9.17, 15) is 28.8 Å². The molecule has 0 aromatic rings. The molecular formula is C17H28O9. The summed E-state index contributed by atoms with van der Waals surface area (Å²) in [5, 5.41) is 0. The molecule has 0 aromatic heterocycles. The predicted molar refractivity (Wildman–Crippen MR) is 91.4 cm³/mol. The summed E-state index contributed by atoms with van der Waals surface area (Å²) in [6, 6.07) is 0. The SMILES string of the molecule is CC(=O)C(C)C(C)=O.COC(=O)CC(=O)C(C)C(C)=O.COC(=O)OC. The number of carbonyl (C=O) groups excluding carboxylic acids is 6. The molecule has 26 heavy (non-hydrogen) atoms. The quantitative estimate of drug-likeness (QED) is 0.500. The molecule has 0 radical (unpaired) electrons. The molecule has 150 valence electrons. The number of methoxy groups -OCH3 is 3. The number of hydrogen-bond acceptors (Lipinski definition) is 9. The third-order valence-electron chi connectivity index (χ3n) is 3.19. The second-order valence-electron chi connectivity index (χ2n) is 5.15. The number of esters is 1. The standard InChI is InChI=1S/C8H12O4.C6H10O2.C3H6O3/c1-5(6(2)9)7(10)4-8(11)12-3;1-4(5(2)7)6(3)8;1-5-3(4)6-2/h5H,4H2,1-3H3;4H,1-3H3;1-2H3. The Morgan fingerprint density at radius 1 is 0.654 bits per heavy atom. The van der Waals surface area contributed by atoms with Gasteiger partial charge in [0.2, 0.25) is 0 Å². The van der Waals surface area contributed by atoms with E-state index in [2.05, 4.69) is 14.2 Å². The largest absolute Gasteiger partial charge is 0.507 e. The summed E-state index contributed by atoms with van der Waals surface area (Å²) >= 11 is 0. The van der Waals surface area contributed by atoms with Crippen molar-refractivity contribution < 1.29 is 43.0 Å². The molecular weight excluding hydrogens is 348 g/mol. The van der Waals surface area contributed by atoms with Crippen LogP contribution in [0.4, 0.5) is 4.79 Å². The van der Waals surface area contributed by atoms with Crippen LogP contribution in [0.25, 0.3) is 0 Å². The fraction of sp³-hybridized carbons (Fsp3) is 0.647. The zero-order valence-corrected chi connectivity index (χ0v) is 16.5. The van der Waals surface area contributed by atoms with Crippen LogP contribution in [0, 0.1) is 11.8 Å². The van der Waals surface area contributed by atoms with Crippen molar-refractivity contribution in [3.05, 3.63) is 0 Å². The Hall–Kier alpha value is -2.58. The first-order valence-corrected chi connectivity index (χ1v) is 7.58. The molecule has 0 fully saturated rings. The highest BCUT2D eigenvalue weighted by atomic mass is 16.7. The van der Waals surface area contributed by atoms with E-state index in [4.69, 9.17) is 0 Å². The fourth-order valence-corrected chi connectivity index (χ4v) is 0.964. The Bertz CT molecular complexity index is 488. The van der Waals surface area contributed by atoms with Crippen LogP contribution >= 0.6 is 0 Å². The summed E-state index contributed by atoms with van der Waals surface area (Å²) in [5.41, 5.74) is 0. The highest BCUT2D eigenvalue weighted by molar-refractivity contribution is 6.07. The van der Waals surface area contributed by atoms with Crippen molar-refractivity contribution in [1.29, 1.82) is 0 Å². The highest BCUT2D eigenvalue weighted by Crippen LogP contribution is 2.02. The van der Waals surface area contributed by atoms with Gasteiger partial charge in [-0.05, 0) is 34.6 Å². The molecule has 0 amide bonds. The highest BCUT2D eigenvalue weighted by Gasteiger charge is 2.20. The van der Waals surface area contributed by atoms with Crippen LogP contribution in [0.1, 0.15) is 41.0 Å². The number of Topliss-reactive ketones (excluding diaryl/α,β-unsaturated/α-hetero) is 4. The van der Waals surface area contributed by atoms with Crippen molar-refractivity contribution in [2.75, 3.05) is 21.3 Å². The molecule has 0 rings (SSSR count). The molecule has 0 spiro atoms. The molecule has 0 bridgehead atoms. The third kappa shape index (κ3) is 16.3. The van der Waals surface area contributed by atoms with Gasteiger partial charge in [0, 0.05) is 0 Å². The van der Waals surface area contributed by atoms with Crippen molar-refractivity contribution in [3.8, 4) is 0 Å². The first-order chi connectivity index (χ1) is 11.8. The summed E-state index contributed by atoms with van der Waals surface area (Å²) < 4.78 is 12.4. The summed E-state index contributed by atoms with van der Waals surface area (Å²) in [6.45, 7) is 7.26. The van der Waals surface area contributed by atoms with Crippen LogP contribution in [-0.4, -0.2) is 56.6 Å². The number of hydrogen-bond donors (Lipinski definition) is 0. The van der Waals surface area contributed by atoms with Gasteiger partial charge in [-0.3, -0.25) is 24.0 Å². The Kier molecular flexibility index (Phi) is 17.3. The Labute approximate surface area is 153 Å². The molecule has 9 heteroatoms. The third-order valence-corrected chi connectivity index (χ3v) is 3.19. The molecule has 9 nitrogen and oxygen atoms in total. The second-order valence-corrected chi connectivity index (χ2v) is 5.15. The lowest BCUT2D eigenvalue weighted by molar-refractivity contribution is -0.144. The van der Waals surface area contributed by atoms with Gasteiger partial charge in [-0.25, -0.2) is 4.79 Å². The maximum atomic E-state index is 11.0. The van der Waals surface area contributed by atoms with Gasteiger partial charge in [-0.2, -0.15) is 0 Å². The molecule has 0 aliphatic rings. The summed E-state index contributed by atoms with van der Waals surface area (Å²) in [4.78, 5) is 62.8. The molecule has 1 unspecified atom stereocenters. The minimum atomic E-state index is -0.705. The molecule has 1 atom stereocenters. The van der Waals surface area contributed by atoms with Crippen molar-refractivity contribution >= 4 is 35.3 Å². The zero-order chi connectivity index (χ0) is 21.4. The van der Waals surface area contributed by atoms with Gasteiger partial charge < -0.3 is 14.2 Å². The average molecular weight is 376 g/mol. The monoisotopic (exact) mass is 376 g/mol. The van der Waals surface area contributed by atoms with Crippen LogP contribution < -0.4 is 0 Å². The molecule has 0 aromatic carbocycles. The van der Waals surface area contributed by atoms with Gasteiger partial charge in [-0.1, -0.05) is 0 Å². The van der Waals surface area contributed by atoms with Gasteiger partial charge in [0.05, 0.1) is 33.2 Å². The molecule has 0 heterocycles. The number of ether oxygens (including phenoxy) is 3. The molecule has 0 saturated heterocycles. The van der Waals surface area contributed by atoms with E-state index in [1.807, 2.05) is 0 Å². The fourth-order valence-electron chi connectivity index (χ4n) is 0.964. The molecule has 0 saturated carbocycles. The number of rotatable bonds is 6. The van der Waals surface area contributed by atoms with Crippen LogP contribution in [0.3, 0.4) is 0 Å². The minimum absolute atomic E-state index is 0.0579. The first kappa shape index (κ1) is 28.2. The van der Waals surface area contributed by atoms with Crippen LogP contribution in [0.5, 0.6) is 0 Å². The van der Waals surface area contributed by atoms with E-state index in [1.54, 1.807) is 6.92 Å². The lowest BCUT2D eigenvalue weighted by atomic mass is 10.0. The van der Waals surface area contributed by atoms with Crippen molar-refractivity contribution in [2.24, 2.45) is 11.8 Å². The van der Waals surface area contributed by atoms with Gasteiger partial charge >= 0.3 is 12.1 Å². The summed E-state index contributed by atoms with van der Waals surface area (Å²) in [6.07, 6.45) is -0.980. The Morgan fingerprint density at radius 3 is 1.15 bits per heavy atom. The molecule has 0 N–H and O–H groups in total. The molecule has 0 aliphatic heterocycles. The number of ketones is 4. The van der Waals surface area contributed by atoms with Gasteiger partial charge in [0.1, 0.15) is 23.8 Å². The van der Waals surface area contributed by atoms with E-state index in [-0.39, 0.29) is 23.8 Å². The molecule has 0 aliphatic carbocycles. The topological polar surface area (TPSA) is 130 Å². The van der Waals surface area contributed by atoms with Gasteiger partial charge in [0.15, 0.2) is 5.78 Å². The second kappa shape index (κ2) is 15.9. The van der Waals surface area contributed by atoms with Crippen molar-refractivity contribution in [1.82, 2.24) is 0 Å². The van der Waals surface area contributed by atoms with E-state index in [0.29, 0.717) is 0 Å². The van der Waals surface area contributed by atoms with Crippen molar-refractivity contribution in [3.63, 3.8) is 0 Å². The van der Waals surface area contributed by atoms with Crippen LogP contribution in [0.15, 0.2) is 0 Å². The van der Waals surface area contributed by atoms with E-state index in [0.717, 1.165) is 0 Å². The zero-order valence-electron chi connectivity index (χ0n) is 16.5. The first-order valence-electron chi connectivity index (χ1n) is 7.58. The van der Waals surface area contributed by atoms with E-state index < -0.39 is 29.7 Å². The maximum Gasteiger partial charge on any atom is 0.507 e. The van der Waals surface area contributed by atoms with Crippen LogP contribution in [-0.2, 0) is 38.2 Å². The normalized spacial score (nSPS) is 10.0. The summed E-state index contributed by atoms with van der Waals surface area (Å²) in [5.74, 6) is -2.46. The van der Waals surface area contributed by atoms with E-state index in [1.165, 1.54) is 49.0 Å². The van der Waals surface area contributed by atoms with Crippen molar-refractivity contribution in [2.45, 2.75) is 41.0 Å². The number of carbonyl (C=O) groups is 6. The van der Waals surface area contributed by atoms with Gasteiger partial charge in [-0.15, -0.1) is 0 Å². The minimum Gasteiger partial charge on any atom is -0.469 e. The Morgan fingerprint density at radius 2 is 1.00 bits per heavy atom. The lowest BCUT2D eigenvalue weighted by Gasteiger charge is -2.04. The smallest absolute Gasteiger partial charge is 0.469 e. The average Bonchev–Trinajstić information content (AvgIpc) is 2.59. The van der Waals surface area contributed by atoms with Gasteiger partial charge in [0.25, 0.3) is 0 Å². The summed E-state index contributed by atoms with van der Waals surface area (Å²) in [7, 11) is 3.71. The van der Waals surface area contributed by atoms with Crippen LogP contribution in [0.2, 0.25) is 0 Å².